The summed E-state index contributed by atoms with van der Waals surface area (Å²) >= 11 is 0. The Labute approximate surface area is 163 Å². The van der Waals surface area contributed by atoms with E-state index < -0.39 is 0 Å². The van der Waals surface area contributed by atoms with Gasteiger partial charge in [0.15, 0.2) is 11.5 Å². The molecule has 146 valence electrons. The molecule has 0 spiro atoms. The maximum absolute atomic E-state index is 13.2. The fourth-order valence-electron chi connectivity index (χ4n) is 3.91. The van der Waals surface area contributed by atoms with Crippen LogP contribution in [0.5, 0.6) is 5.75 Å². The number of carbonyl (C=O) groups is 1. The van der Waals surface area contributed by atoms with E-state index in [4.69, 9.17) is 13.8 Å². The molecule has 3 heterocycles. The second-order valence-corrected chi connectivity index (χ2v) is 6.89. The third kappa shape index (κ3) is 3.06. The van der Waals surface area contributed by atoms with E-state index in [0.29, 0.717) is 23.7 Å². The minimum Gasteiger partial charge on any atom is -0.496 e. The highest BCUT2D eigenvalue weighted by atomic mass is 16.5. The first-order valence-electron chi connectivity index (χ1n) is 9.50. The molecule has 4 rings (SSSR count). The van der Waals surface area contributed by atoms with Crippen LogP contribution in [0.25, 0.3) is 11.3 Å². The molecule has 7 nitrogen and oxygen atoms in total. The van der Waals surface area contributed by atoms with Gasteiger partial charge >= 0.3 is 0 Å². The van der Waals surface area contributed by atoms with Gasteiger partial charge in [-0.2, -0.15) is 0 Å². The summed E-state index contributed by atoms with van der Waals surface area (Å²) in [6.07, 6.45) is 2.57. The van der Waals surface area contributed by atoms with E-state index in [2.05, 4.69) is 10.3 Å². The summed E-state index contributed by atoms with van der Waals surface area (Å²) in [6.45, 7) is 4.63. The molecule has 0 N–H and O–H groups in total. The lowest BCUT2D eigenvalue weighted by Gasteiger charge is -2.24. The number of aryl methyl sites for hydroxylation is 2. The van der Waals surface area contributed by atoms with Gasteiger partial charge in [0.2, 0.25) is 0 Å². The molecule has 28 heavy (non-hydrogen) atoms. The van der Waals surface area contributed by atoms with Crippen LogP contribution in [0.4, 0.5) is 0 Å². The number of para-hydroxylation sites is 1. The Morgan fingerprint density at radius 1 is 1.29 bits per heavy atom. The molecule has 1 saturated heterocycles. The SMILES string of the molecule is CCc1onc(C)c1[C@@H]1CCCN1C(=O)c1cc(-c2ccccc2OC)on1. The highest BCUT2D eigenvalue weighted by Crippen LogP contribution is 2.37. The van der Waals surface area contributed by atoms with Crippen molar-refractivity contribution in [1.82, 2.24) is 15.2 Å². The number of ether oxygens (including phenoxy) is 1. The molecule has 1 fully saturated rings. The first-order chi connectivity index (χ1) is 13.6. The highest BCUT2D eigenvalue weighted by Gasteiger charge is 2.36. The van der Waals surface area contributed by atoms with Crippen LogP contribution in [0, 0.1) is 6.92 Å². The van der Waals surface area contributed by atoms with Gasteiger partial charge in [0.1, 0.15) is 11.5 Å². The van der Waals surface area contributed by atoms with Gasteiger partial charge in [0, 0.05) is 24.6 Å². The second-order valence-electron chi connectivity index (χ2n) is 6.89. The Bertz CT molecular complexity index is 991. The molecule has 1 aliphatic rings. The largest absolute Gasteiger partial charge is 0.496 e. The molecule has 3 aromatic rings. The fraction of sp³-hybridized carbons (Fsp3) is 0.381. The highest BCUT2D eigenvalue weighted by molar-refractivity contribution is 5.93. The molecule has 0 bridgehead atoms. The molecule has 0 unspecified atom stereocenters. The van der Waals surface area contributed by atoms with E-state index in [0.717, 1.165) is 41.8 Å². The first kappa shape index (κ1) is 18.3. The number of hydrogen-bond acceptors (Lipinski definition) is 6. The van der Waals surface area contributed by atoms with Crippen LogP contribution in [-0.2, 0) is 6.42 Å². The predicted octanol–water partition coefficient (Wildman–Crippen LogP) is 4.19. The quantitative estimate of drug-likeness (QED) is 0.659. The minimum atomic E-state index is -0.143. The van der Waals surface area contributed by atoms with E-state index in [1.165, 1.54) is 0 Å². The van der Waals surface area contributed by atoms with Crippen molar-refractivity contribution in [2.75, 3.05) is 13.7 Å². The average molecular weight is 381 g/mol. The van der Waals surface area contributed by atoms with Crippen molar-refractivity contribution >= 4 is 5.91 Å². The topological polar surface area (TPSA) is 81.6 Å². The van der Waals surface area contributed by atoms with Gasteiger partial charge in [-0.25, -0.2) is 0 Å². The third-order valence-corrected chi connectivity index (χ3v) is 5.25. The lowest BCUT2D eigenvalue weighted by Crippen LogP contribution is -2.31. The van der Waals surface area contributed by atoms with Gasteiger partial charge < -0.3 is 18.7 Å². The molecule has 0 saturated carbocycles. The number of rotatable bonds is 5. The number of benzene rings is 1. The number of hydrogen-bond donors (Lipinski definition) is 0. The fourth-order valence-corrected chi connectivity index (χ4v) is 3.91. The van der Waals surface area contributed by atoms with Crippen molar-refractivity contribution in [3.05, 3.63) is 53.0 Å². The second kappa shape index (κ2) is 7.50. The Hall–Kier alpha value is -3.09. The van der Waals surface area contributed by atoms with Gasteiger partial charge in [-0.15, -0.1) is 0 Å². The van der Waals surface area contributed by atoms with Crippen molar-refractivity contribution in [1.29, 1.82) is 0 Å². The number of amides is 1. The van der Waals surface area contributed by atoms with Gasteiger partial charge in [-0.1, -0.05) is 29.4 Å². The number of aromatic nitrogens is 2. The normalized spacial score (nSPS) is 16.5. The standard InChI is InChI=1S/C21H23N3O4/c1-4-17-20(13(2)22-27-17)16-9-7-11-24(16)21(25)15-12-19(28-23-15)14-8-5-6-10-18(14)26-3/h5-6,8,10,12,16H,4,7,9,11H2,1-3H3/t16-/m0/s1. The number of methoxy groups -OCH3 is 1. The molecule has 1 aromatic carbocycles. The third-order valence-electron chi connectivity index (χ3n) is 5.25. The van der Waals surface area contributed by atoms with Crippen LogP contribution in [0.15, 0.2) is 39.4 Å². The molecule has 7 heteroatoms. The zero-order valence-electron chi connectivity index (χ0n) is 16.3. The molecule has 0 aliphatic carbocycles. The van der Waals surface area contributed by atoms with Crippen LogP contribution in [0.3, 0.4) is 0 Å². The van der Waals surface area contributed by atoms with Crippen molar-refractivity contribution in [3.8, 4) is 17.1 Å². The monoisotopic (exact) mass is 381 g/mol. The smallest absolute Gasteiger partial charge is 0.276 e. The van der Waals surface area contributed by atoms with Gasteiger partial charge in [-0.3, -0.25) is 4.79 Å². The Balaban J connectivity index is 1.63. The van der Waals surface area contributed by atoms with Gasteiger partial charge in [0.05, 0.1) is 24.4 Å². The Kier molecular flexibility index (Phi) is 4.90. The summed E-state index contributed by atoms with van der Waals surface area (Å²) in [5, 5.41) is 8.13. The average Bonchev–Trinajstić information content (AvgIpc) is 3.46. The molecular weight excluding hydrogens is 358 g/mol. The lowest BCUT2D eigenvalue weighted by molar-refractivity contribution is 0.0724. The summed E-state index contributed by atoms with van der Waals surface area (Å²) in [5.74, 6) is 1.88. The molecule has 2 aromatic heterocycles. The summed E-state index contributed by atoms with van der Waals surface area (Å²) in [7, 11) is 1.60. The molecule has 0 radical (unpaired) electrons. The van der Waals surface area contributed by atoms with Crippen molar-refractivity contribution in [3.63, 3.8) is 0 Å². The zero-order valence-corrected chi connectivity index (χ0v) is 16.3. The van der Waals surface area contributed by atoms with Crippen LogP contribution in [0.1, 0.15) is 53.3 Å². The van der Waals surface area contributed by atoms with Crippen LogP contribution in [-0.4, -0.2) is 34.8 Å². The van der Waals surface area contributed by atoms with E-state index in [1.807, 2.05) is 43.0 Å². The maximum atomic E-state index is 13.2. The summed E-state index contributed by atoms with van der Waals surface area (Å²) < 4.78 is 16.3. The van der Waals surface area contributed by atoms with Crippen LogP contribution >= 0.6 is 0 Å². The van der Waals surface area contributed by atoms with E-state index in [1.54, 1.807) is 13.2 Å². The number of nitrogens with zero attached hydrogens (tertiary/aromatic N) is 3. The van der Waals surface area contributed by atoms with Gasteiger partial charge in [0.25, 0.3) is 5.91 Å². The van der Waals surface area contributed by atoms with Crippen molar-refractivity contribution in [2.45, 2.75) is 39.2 Å². The first-order valence-corrected chi connectivity index (χ1v) is 9.50. The zero-order chi connectivity index (χ0) is 19.7. The summed E-state index contributed by atoms with van der Waals surface area (Å²) in [5.41, 5.74) is 2.93. The van der Waals surface area contributed by atoms with E-state index in [9.17, 15) is 4.79 Å². The van der Waals surface area contributed by atoms with Crippen LogP contribution < -0.4 is 4.74 Å². The van der Waals surface area contributed by atoms with Crippen LogP contribution in [0.2, 0.25) is 0 Å². The van der Waals surface area contributed by atoms with Crippen molar-refractivity contribution < 1.29 is 18.6 Å². The Morgan fingerprint density at radius 3 is 2.89 bits per heavy atom. The number of likely N-dealkylation sites (tertiary alicyclic amines) is 1. The summed E-state index contributed by atoms with van der Waals surface area (Å²) in [6, 6.07) is 9.12. The van der Waals surface area contributed by atoms with E-state index >= 15 is 0 Å². The maximum Gasteiger partial charge on any atom is 0.276 e. The van der Waals surface area contributed by atoms with E-state index in [-0.39, 0.29) is 11.9 Å². The minimum absolute atomic E-state index is 0.0416. The van der Waals surface area contributed by atoms with Gasteiger partial charge in [-0.05, 0) is 31.9 Å². The Morgan fingerprint density at radius 2 is 2.11 bits per heavy atom. The summed E-state index contributed by atoms with van der Waals surface area (Å²) in [4.78, 5) is 15.0. The molecule has 1 aliphatic heterocycles. The molecule has 1 amide bonds. The molecular formula is C21H23N3O4. The van der Waals surface area contributed by atoms with Crippen molar-refractivity contribution in [2.24, 2.45) is 0 Å². The lowest BCUT2D eigenvalue weighted by atomic mass is 10.0. The predicted molar refractivity (Wildman–Crippen MR) is 102 cm³/mol. The number of carbonyl (C=O) groups excluding carboxylic acids is 1. The molecule has 1 atom stereocenters.